The maximum Gasteiger partial charge on any atom is 0.262 e. The van der Waals surface area contributed by atoms with Gasteiger partial charge in [-0.25, -0.2) is 14.1 Å². The van der Waals surface area contributed by atoms with Gasteiger partial charge in [0.2, 0.25) is 0 Å². The Balaban J connectivity index is 1.45. The molecule has 0 spiro atoms. The van der Waals surface area contributed by atoms with Crippen molar-refractivity contribution in [2.24, 2.45) is 0 Å². The van der Waals surface area contributed by atoms with E-state index in [9.17, 15) is 14.0 Å². The minimum absolute atomic E-state index is 0.0159. The zero-order valence-electron chi connectivity index (χ0n) is 17.4. The summed E-state index contributed by atoms with van der Waals surface area (Å²) < 4.78 is 15.8. The van der Waals surface area contributed by atoms with Crippen molar-refractivity contribution < 1.29 is 9.18 Å². The minimum Gasteiger partial charge on any atom is -0.337 e. The Morgan fingerprint density at radius 1 is 1.12 bits per heavy atom. The molecule has 1 atom stereocenters. The number of piperidine rings is 1. The highest BCUT2D eigenvalue weighted by Gasteiger charge is 2.27. The summed E-state index contributed by atoms with van der Waals surface area (Å²) in [6, 6.07) is 15.5. The van der Waals surface area contributed by atoms with Gasteiger partial charge in [-0.1, -0.05) is 36.4 Å². The number of nitrogens with zero attached hydrogens (tertiary/aromatic N) is 4. The van der Waals surface area contributed by atoms with Gasteiger partial charge in [-0.3, -0.25) is 9.59 Å². The molecule has 1 amide bonds. The van der Waals surface area contributed by atoms with Crippen molar-refractivity contribution in [2.75, 3.05) is 13.1 Å². The average molecular weight is 431 g/mol. The van der Waals surface area contributed by atoms with E-state index in [1.165, 1.54) is 12.3 Å². The SMILES string of the molecule is O=C(c1ccccc1)N1CCCC(n2ncc3c(=O)[nH]c(Cc4ccccc4F)nc32)C1. The van der Waals surface area contributed by atoms with Gasteiger partial charge in [0, 0.05) is 25.1 Å². The third-order valence-corrected chi connectivity index (χ3v) is 5.88. The lowest BCUT2D eigenvalue weighted by molar-refractivity contribution is 0.0675. The molecular formula is C24H22FN5O2. The minimum atomic E-state index is -0.342. The zero-order valence-corrected chi connectivity index (χ0v) is 17.4. The first-order chi connectivity index (χ1) is 15.6. The lowest BCUT2D eigenvalue weighted by atomic mass is 10.0. The fraction of sp³-hybridized carbons (Fsp3) is 0.250. The van der Waals surface area contributed by atoms with E-state index in [-0.39, 0.29) is 29.7 Å². The maximum atomic E-state index is 14.1. The molecule has 2 aromatic heterocycles. The van der Waals surface area contributed by atoms with Crippen LogP contribution in [-0.4, -0.2) is 43.6 Å². The largest absolute Gasteiger partial charge is 0.337 e. The highest BCUT2D eigenvalue weighted by atomic mass is 19.1. The van der Waals surface area contributed by atoms with Crippen molar-refractivity contribution in [3.05, 3.63) is 93.9 Å². The predicted octanol–water partition coefficient (Wildman–Crippen LogP) is 3.33. The van der Waals surface area contributed by atoms with Gasteiger partial charge in [0.25, 0.3) is 11.5 Å². The number of rotatable bonds is 4. The number of benzene rings is 2. The molecule has 1 aliphatic heterocycles. The molecule has 1 aliphatic rings. The number of carbonyl (C=O) groups is 1. The number of aromatic amines is 1. The number of halogens is 1. The second kappa shape index (κ2) is 8.37. The van der Waals surface area contributed by atoms with Crippen LogP contribution < -0.4 is 5.56 Å². The summed E-state index contributed by atoms with van der Waals surface area (Å²) in [5.74, 6) is 0.0197. The topological polar surface area (TPSA) is 83.9 Å². The van der Waals surface area contributed by atoms with Crippen molar-refractivity contribution >= 4 is 16.9 Å². The van der Waals surface area contributed by atoms with Crippen LogP contribution in [0.2, 0.25) is 0 Å². The van der Waals surface area contributed by atoms with Crippen molar-refractivity contribution in [1.82, 2.24) is 24.6 Å². The Morgan fingerprint density at radius 2 is 1.91 bits per heavy atom. The number of H-pyrrole nitrogens is 1. The molecule has 3 heterocycles. The molecule has 0 aliphatic carbocycles. The van der Waals surface area contributed by atoms with Crippen molar-refractivity contribution in [3.63, 3.8) is 0 Å². The van der Waals surface area contributed by atoms with Crippen LogP contribution in [0.25, 0.3) is 11.0 Å². The molecule has 8 heteroatoms. The van der Waals surface area contributed by atoms with Gasteiger partial charge in [-0.05, 0) is 36.6 Å². The highest BCUT2D eigenvalue weighted by Crippen LogP contribution is 2.25. The van der Waals surface area contributed by atoms with Crippen LogP contribution in [0.1, 0.15) is 40.6 Å². The van der Waals surface area contributed by atoms with Crippen molar-refractivity contribution in [3.8, 4) is 0 Å². The zero-order chi connectivity index (χ0) is 22.1. The Morgan fingerprint density at radius 3 is 2.72 bits per heavy atom. The van der Waals surface area contributed by atoms with E-state index in [0.717, 1.165) is 12.8 Å². The molecule has 0 bridgehead atoms. The van der Waals surface area contributed by atoms with Crippen LogP contribution in [0, 0.1) is 5.82 Å². The molecular weight excluding hydrogens is 409 g/mol. The van der Waals surface area contributed by atoms with E-state index in [2.05, 4.69) is 15.1 Å². The van der Waals surface area contributed by atoms with Gasteiger partial charge in [0.1, 0.15) is 17.0 Å². The Bertz CT molecular complexity index is 1330. The second-order valence-electron chi connectivity index (χ2n) is 8.02. The summed E-state index contributed by atoms with van der Waals surface area (Å²) in [6.07, 6.45) is 3.33. The number of likely N-dealkylation sites (tertiary alicyclic amines) is 1. The van der Waals surface area contributed by atoms with Gasteiger partial charge in [-0.15, -0.1) is 0 Å². The predicted molar refractivity (Wildman–Crippen MR) is 118 cm³/mol. The maximum absolute atomic E-state index is 14.1. The van der Waals surface area contributed by atoms with Crippen molar-refractivity contribution in [2.45, 2.75) is 25.3 Å². The molecule has 0 saturated carbocycles. The summed E-state index contributed by atoms with van der Waals surface area (Å²) in [7, 11) is 0. The van der Waals surface area contributed by atoms with Crippen LogP contribution >= 0.6 is 0 Å². The molecule has 162 valence electrons. The lowest BCUT2D eigenvalue weighted by Gasteiger charge is -2.33. The molecule has 1 saturated heterocycles. The van der Waals surface area contributed by atoms with Crippen LogP contribution in [0.4, 0.5) is 4.39 Å². The summed E-state index contributed by atoms with van der Waals surface area (Å²) in [5.41, 5.74) is 1.26. The quantitative estimate of drug-likeness (QED) is 0.537. The number of fused-ring (bicyclic) bond motifs is 1. The Kier molecular flexibility index (Phi) is 5.26. The van der Waals surface area contributed by atoms with E-state index in [1.54, 1.807) is 22.9 Å². The number of carbonyl (C=O) groups excluding carboxylic acids is 1. The first-order valence-electron chi connectivity index (χ1n) is 10.6. The van der Waals surface area contributed by atoms with Crippen LogP contribution in [-0.2, 0) is 6.42 Å². The molecule has 1 unspecified atom stereocenters. The third-order valence-electron chi connectivity index (χ3n) is 5.88. The molecule has 5 rings (SSSR count). The van der Waals surface area contributed by atoms with Crippen LogP contribution in [0.3, 0.4) is 0 Å². The first kappa shape index (κ1) is 20.1. The molecule has 32 heavy (non-hydrogen) atoms. The van der Waals surface area contributed by atoms with E-state index in [4.69, 9.17) is 0 Å². The smallest absolute Gasteiger partial charge is 0.262 e. The summed E-state index contributed by atoms with van der Waals surface area (Å²) in [6.45, 7) is 1.16. The molecule has 1 fully saturated rings. The van der Waals surface area contributed by atoms with Gasteiger partial charge >= 0.3 is 0 Å². The van der Waals surface area contributed by atoms with Gasteiger partial charge < -0.3 is 9.88 Å². The van der Waals surface area contributed by atoms with E-state index in [0.29, 0.717) is 41.1 Å². The number of nitrogens with one attached hydrogen (secondary N) is 1. The Hall–Kier alpha value is -3.81. The third kappa shape index (κ3) is 3.79. The molecule has 4 aromatic rings. The van der Waals surface area contributed by atoms with E-state index < -0.39 is 0 Å². The van der Waals surface area contributed by atoms with Crippen molar-refractivity contribution in [1.29, 1.82) is 0 Å². The average Bonchev–Trinajstić information content (AvgIpc) is 3.25. The second-order valence-corrected chi connectivity index (χ2v) is 8.02. The van der Waals surface area contributed by atoms with Gasteiger partial charge in [0.15, 0.2) is 5.65 Å². The molecule has 2 aromatic carbocycles. The summed E-state index contributed by atoms with van der Waals surface area (Å²) in [5, 5.41) is 4.82. The Labute approximate surface area is 183 Å². The number of aromatic nitrogens is 4. The van der Waals surface area contributed by atoms with Gasteiger partial charge in [0.05, 0.1) is 12.2 Å². The highest BCUT2D eigenvalue weighted by molar-refractivity contribution is 5.94. The fourth-order valence-electron chi connectivity index (χ4n) is 4.26. The molecule has 0 radical (unpaired) electrons. The number of amides is 1. The van der Waals surface area contributed by atoms with Crippen LogP contribution in [0.15, 0.2) is 65.6 Å². The normalized spacial score (nSPS) is 16.4. The van der Waals surface area contributed by atoms with E-state index in [1.807, 2.05) is 35.2 Å². The first-order valence-corrected chi connectivity index (χ1v) is 10.6. The number of hydrogen-bond donors (Lipinski definition) is 1. The summed E-state index contributed by atoms with van der Waals surface area (Å²) in [4.78, 5) is 34.7. The molecule has 7 nitrogen and oxygen atoms in total. The van der Waals surface area contributed by atoms with Crippen LogP contribution in [0.5, 0.6) is 0 Å². The fourth-order valence-corrected chi connectivity index (χ4v) is 4.26. The molecule has 1 N–H and O–H groups in total. The number of hydrogen-bond acceptors (Lipinski definition) is 4. The lowest BCUT2D eigenvalue weighted by Crippen LogP contribution is -2.41. The summed E-state index contributed by atoms with van der Waals surface area (Å²) >= 11 is 0. The standard InChI is InChI=1S/C24H22FN5O2/c25-20-11-5-4-9-17(20)13-21-27-22-19(23(31)28-21)14-26-30(22)18-10-6-12-29(15-18)24(32)16-7-2-1-3-8-16/h1-5,7-9,11,14,18H,6,10,12-13,15H2,(H,27,28,31). The monoisotopic (exact) mass is 431 g/mol. The van der Waals surface area contributed by atoms with Gasteiger partial charge in [-0.2, -0.15) is 5.10 Å². The van der Waals surface area contributed by atoms with E-state index >= 15 is 0 Å².